The first-order valence-corrected chi connectivity index (χ1v) is 14.1. The van der Waals surface area contributed by atoms with Crippen LogP contribution in [0.5, 0.6) is 11.5 Å². The van der Waals surface area contributed by atoms with Crippen LogP contribution < -0.4 is 9.47 Å². The summed E-state index contributed by atoms with van der Waals surface area (Å²) in [5, 5.41) is 13.3. The van der Waals surface area contributed by atoms with Gasteiger partial charge in [0, 0.05) is 12.1 Å². The molecule has 1 N–H and O–H groups in total. The van der Waals surface area contributed by atoms with Crippen molar-refractivity contribution < 1.29 is 19.0 Å². The molecule has 39 heavy (non-hydrogen) atoms. The number of aryl methyl sites for hydroxylation is 1. The smallest absolute Gasteiger partial charge is 0.123 e. The molecular formula is C34H36FNO3. The normalized spacial score (nSPS) is 20.1. The Balaban J connectivity index is 1.08. The van der Waals surface area contributed by atoms with Crippen molar-refractivity contribution >= 4 is 10.8 Å². The molecule has 1 spiro atoms. The highest BCUT2D eigenvalue weighted by Crippen LogP contribution is 2.41. The summed E-state index contributed by atoms with van der Waals surface area (Å²) in [6.45, 7) is 2.34. The third-order valence-corrected chi connectivity index (χ3v) is 8.45. The van der Waals surface area contributed by atoms with Crippen molar-refractivity contribution in [1.29, 1.82) is 0 Å². The summed E-state index contributed by atoms with van der Waals surface area (Å²) in [5.74, 6) is 1.21. The van der Waals surface area contributed by atoms with Crippen molar-refractivity contribution in [3.63, 3.8) is 0 Å². The van der Waals surface area contributed by atoms with Crippen molar-refractivity contribution in [2.75, 3.05) is 19.7 Å². The van der Waals surface area contributed by atoms with E-state index in [4.69, 9.17) is 9.47 Å². The van der Waals surface area contributed by atoms with Crippen molar-refractivity contribution in [3.8, 4) is 11.5 Å². The number of β-amino-alcohol motifs (C(OH)–C–C–N with tert-alkyl or cyclic N) is 1. The number of rotatable bonds is 8. The lowest BCUT2D eigenvalue weighted by molar-refractivity contribution is -0.0147. The quantitative estimate of drug-likeness (QED) is 0.278. The fourth-order valence-electron chi connectivity index (χ4n) is 6.35. The van der Waals surface area contributed by atoms with E-state index >= 15 is 0 Å². The summed E-state index contributed by atoms with van der Waals surface area (Å²) in [5.41, 5.74) is 4.02. The van der Waals surface area contributed by atoms with Gasteiger partial charge in [-0.1, -0.05) is 48.9 Å². The zero-order valence-corrected chi connectivity index (χ0v) is 22.3. The number of halogens is 1. The van der Waals surface area contributed by atoms with Crippen LogP contribution in [0.1, 0.15) is 42.4 Å². The van der Waals surface area contributed by atoms with Gasteiger partial charge in [0.1, 0.15) is 36.6 Å². The second-order valence-electron chi connectivity index (χ2n) is 11.1. The maximum atomic E-state index is 13.2. The van der Waals surface area contributed by atoms with Gasteiger partial charge in [-0.2, -0.15) is 0 Å². The van der Waals surface area contributed by atoms with Crippen LogP contribution >= 0.6 is 0 Å². The summed E-state index contributed by atoms with van der Waals surface area (Å²) in [4.78, 5) is 2.50. The average molecular weight is 526 g/mol. The van der Waals surface area contributed by atoms with Crippen LogP contribution in [0.2, 0.25) is 0 Å². The highest BCUT2D eigenvalue weighted by atomic mass is 19.1. The molecule has 0 aromatic heterocycles. The number of piperidine rings is 1. The minimum absolute atomic E-state index is 0.0789. The van der Waals surface area contributed by atoms with Crippen molar-refractivity contribution in [2.24, 2.45) is 0 Å². The fourth-order valence-corrected chi connectivity index (χ4v) is 6.35. The molecular weight excluding hydrogens is 489 g/mol. The first-order valence-electron chi connectivity index (χ1n) is 14.1. The first-order chi connectivity index (χ1) is 19.1. The van der Waals surface area contributed by atoms with Crippen molar-refractivity contribution in [2.45, 2.75) is 56.8 Å². The third kappa shape index (κ3) is 5.95. The topological polar surface area (TPSA) is 41.9 Å². The molecule has 2 atom stereocenters. The number of fused-ring (bicyclic) bond motifs is 2. The van der Waals surface area contributed by atoms with E-state index in [1.165, 1.54) is 46.0 Å². The maximum absolute atomic E-state index is 13.2. The number of benzene rings is 4. The molecule has 2 unspecified atom stereocenters. The van der Waals surface area contributed by atoms with E-state index < -0.39 is 6.10 Å². The molecule has 0 amide bonds. The molecule has 0 saturated carbocycles. The standard InChI is InChI=1S/C34H36FNO3/c35-30-10-13-32(14-11-30)39-24-31(37)22-36-18-4-3-16-34(36)17-15-28-20-33(12-9-29(28)21-34)38-23-25-7-8-26-5-1-2-6-27(26)19-25/h1-2,5-14,19-20,31,37H,3-4,15-18,21-24H2. The van der Waals surface area contributed by atoms with Crippen LogP contribution in [0.25, 0.3) is 10.8 Å². The second kappa shape index (κ2) is 11.4. The van der Waals surface area contributed by atoms with Gasteiger partial charge in [-0.05, 0) is 109 Å². The largest absolute Gasteiger partial charge is 0.491 e. The Kier molecular flexibility index (Phi) is 7.53. The molecule has 4 aromatic carbocycles. The van der Waals surface area contributed by atoms with Gasteiger partial charge in [-0.25, -0.2) is 4.39 Å². The summed E-state index contributed by atoms with van der Waals surface area (Å²) in [6.07, 6.45) is 6.03. The number of nitrogens with zero attached hydrogens (tertiary/aromatic N) is 1. The molecule has 5 heteroatoms. The van der Waals surface area contributed by atoms with E-state index in [-0.39, 0.29) is 18.0 Å². The van der Waals surface area contributed by atoms with Crippen molar-refractivity contribution in [1.82, 2.24) is 4.90 Å². The zero-order chi connectivity index (χ0) is 26.7. The minimum atomic E-state index is -0.600. The van der Waals surface area contributed by atoms with E-state index in [1.807, 2.05) is 0 Å². The van der Waals surface area contributed by atoms with Crippen LogP contribution in [-0.4, -0.2) is 41.3 Å². The molecule has 202 valence electrons. The predicted molar refractivity (Wildman–Crippen MR) is 153 cm³/mol. The Bertz CT molecular complexity index is 1420. The molecule has 4 nitrogen and oxygen atoms in total. The monoisotopic (exact) mass is 525 g/mol. The molecule has 1 fully saturated rings. The molecule has 1 aliphatic carbocycles. The van der Waals surface area contributed by atoms with Crippen LogP contribution in [0.3, 0.4) is 0 Å². The Labute approximate surface area is 230 Å². The van der Waals surface area contributed by atoms with Gasteiger partial charge in [0.25, 0.3) is 0 Å². The SMILES string of the molecule is OC(COc1ccc(F)cc1)CN1CCCCC12CCc1cc(OCc3ccc4ccccc4c3)ccc1C2. The van der Waals surface area contributed by atoms with Crippen LogP contribution in [0.4, 0.5) is 4.39 Å². The Hall–Kier alpha value is -3.41. The van der Waals surface area contributed by atoms with Crippen molar-refractivity contribution in [3.05, 3.63) is 107 Å². The van der Waals surface area contributed by atoms with Crippen LogP contribution in [0.15, 0.2) is 84.9 Å². The summed E-state index contributed by atoms with van der Waals surface area (Å²) >= 11 is 0. The van der Waals surface area contributed by atoms with Gasteiger partial charge in [-0.3, -0.25) is 4.90 Å². The number of hydrogen-bond acceptors (Lipinski definition) is 4. The van der Waals surface area contributed by atoms with E-state index in [2.05, 4.69) is 65.6 Å². The molecule has 1 saturated heterocycles. The van der Waals surface area contributed by atoms with Crippen LogP contribution in [0, 0.1) is 5.82 Å². The molecule has 1 heterocycles. The van der Waals surface area contributed by atoms with Gasteiger partial charge in [0.2, 0.25) is 0 Å². The highest BCUT2D eigenvalue weighted by Gasteiger charge is 2.41. The lowest BCUT2D eigenvalue weighted by Gasteiger charge is -2.50. The summed E-state index contributed by atoms with van der Waals surface area (Å²) in [7, 11) is 0. The number of aliphatic hydroxyl groups is 1. The van der Waals surface area contributed by atoms with Gasteiger partial charge in [0.05, 0.1) is 0 Å². The average Bonchev–Trinajstić information content (AvgIpc) is 2.97. The minimum Gasteiger partial charge on any atom is -0.491 e. The van der Waals surface area contributed by atoms with Gasteiger partial charge < -0.3 is 14.6 Å². The number of hydrogen-bond donors (Lipinski definition) is 1. The molecule has 2 aliphatic rings. The highest BCUT2D eigenvalue weighted by molar-refractivity contribution is 5.82. The molecule has 6 rings (SSSR count). The maximum Gasteiger partial charge on any atom is 0.123 e. The molecule has 4 aromatic rings. The zero-order valence-electron chi connectivity index (χ0n) is 22.3. The van der Waals surface area contributed by atoms with E-state index in [9.17, 15) is 9.50 Å². The lowest BCUT2D eigenvalue weighted by Crippen LogP contribution is -2.57. The second-order valence-corrected chi connectivity index (χ2v) is 11.1. The van der Waals surface area contributed by atoms with Gasteiger partial charge >= 0.3 is 0 Å². The summed E-state index contributed by atoms with van der Waals surface area (Å²) < 4.78 is 25.1. The van der Waals surface area contributed by atoms with E-state index in [1.54, 1.807) is 12.1 Å². The predicted octanol–water partition coefficient (Wildman–Crippen LogP) is 6.71. The number of aliphatic hydroxyl groups excluding tert-OH is 1. The number of likely N-dealkylation sites (tertiary alicyclic amines) is 1. The third-order valence-electron chi connectivity index (χ3n) is 8.45. The Morgan fingerprint density at radius 1 is 0.821 bits per heavy atom. The van der Waals surface area contributed by atoms with Crippen LogP contribution in [-0.2, 0) is 19.4 Å². The summed E-state index contributed by atoms with van der Waals surface area (Å²) in [6, 6.07) is 27.4. The molecule has 1 aliphatic heterocycles. The molecule has 0 radical (unpaired) electrons. The van der Waals surface area contributed by atoms with E-state index in [0.29, 0.717) is 18.9 Å². The van der Waals surface area contributed by atoms with E-state index in [0.717, 1.165) is 44.4 Å². The Morgan fingerprint density at radius 2 is 1.64 bits per heavy atom. The Morgan fingerprint density at radius 3 is 2.51 bits per heavy atom. The first kappa shape index (κ1) is 25.8. The molecule has 0 bridgehead atoms. The number of ether oxygens (including phenoxy) is 2. The lowest BCUT2D eigenvalue weighted by atomic mass is 9.72. The van der Waals surface area contributed by atoms with Gasteiger partial charge in [-0.15, -0.1) is 0 Å². The van der Waals surface area contributed by atoms with Gasteiger partial charge in [0.15, 0.2) is 0 Å². The fraction of sp³-hybridized carbons (Fsp3) is 0.353.